The molecular formula is C15H26N2O4. The summed E-state index contributed by atoms with van der Waals surface area (Å²) < 4.78 is 0. The van der Waals surface area contributed by atoms with Crippen molar-refractivity contribution in [1.29, 1.82) is 0 Å². The maximum atomic E-state index is 12.4. The van der Waals surface area contributed by atoms with E-state index in [0.717, 1.165) is 19.3 Å². The number of carboxylic acids is 1. The number of amides is 2. The van der Waals surface area contributed by atoms with Crippen molar-refractivity contribution in [2.24, 2.45) is 11.8 Å². The van der Waals surface area contributed by atoms with Gasteiger partial charge < -0.3 is 20.4 Å². The van der Waals surface area contributed by atoms with Crippen LogP contribution in [-0.2, 0) is 4.79 Å². The Kier molecular flexibility index (Phi) is 5.08. The molecule has 3 N–H and O–H groups in total. The molecule has 21 heavy (non-hydrogen) atoms. The summed E-state index contributed by atoms with van der Waals surface area (Å²) in [5.74, 6) is -0.112. The molecule has 6 heteroatoms. The molecule has 2 unspecified atom stereocenters. The first kappa shape index (κ1) is 16.1. The quantitative estimate of drug-likeness (QED) is 0.735. The third-order valence-electron chi connectivity index (χ3n) is 4.81. The number of carboxylic acid groups (broad SMARTS) is 1. The lowest BCUT2D eigenvalue weighted by atomic mass is 9.78. The first-order valence-corrected chi connectivity index (χ1v) is 7.88. The second kappa shape index (κ2) is 6.64. The van der Waals surface area contributed by atoms with Crippen LogP contribution >= 0.6 is 0 Å². The van der Waals surface area contributed by atoms with Crippen LogP contribution in [-0.4, -0.2) is 51.8 Å². The molecular weight excluding hydrogens is 272 g/mol. The molecule has 6 nitrogen and oxygen atoms in total. The molecule has 4 atom stereocenters. The van der Waals surface area contributed by atoms with Gasteiger partial charge in [0.25, 0.3) is 0 Å². The summed E-state index contributed by atoms with van der Waals surface area (Å²) in [5.41, 5.74) is 0. The summed E-state index contributed by atoms with van der Waals surface area (Å²) in [7, 11) is 0. The zero-order valence-electron chi connectivity index (χ0n) is 12.8. The van der Waals surface area contributed by atoms with Gasteiger partial charge in [0.1, 0.15) is 6.04 Å². The number of hydrogen-bond donors (Lipinski definition) is 3. The molecule has 2 aliphatic rings. The second-order valence-electron chi connectivity index (χ2n) is 6.64. The molecule has 0 bridgehead atoms. The molecule has 0 aromatic carbocycles. The van der Waals surface area contributed by atoms with Crippen LogP contribution in [0.5, 0.6) is 0 Å². The van der Waals surface area contributed by atoms with Gasteiger partial charge in [0.2, 0.25) is 0 Å². The van der Waals surface area contributed by atoms with Crippen molar-refractivity contribution < 1.29 is 19.8 Å². The third-order valence-corrected chi connectivity index (χ3v) is 4.81. The van der Waals surface area contributed by atoms with E-state index in [0.29, 0.717) is 11.8 Å². The maximum Gasteiger partial charge on any atom is 0.326 e. The van der Waals surface area contributed by atoms with Gasteiger partial charge in [0.05, 0.1) is 6.10 Å². The molecule has 0 aromatic rings. The lowest BCUT2D eigenvalue weighted by Crippen LogP contribution is -2.52. The van der Waals surface area contributed by atoms with E-state index >= 15 is 0 Å². The van der Waals surface area contributed by atoms with E-state index in [2.05, 4.69) is 19.2 Å². The minimum Gasteiger partial charge on any atom is -0.480 e. The van der Waals surface area contributed by atoms with E-state index in [4.69, 9.17) is 5.11 Å². The first-order chi connectivity index (χ1) is 9.90. The zero-order valence-corrected chi connectivity index (χ0v) is 12.8. The summed E-state index contributed by atoms with van der Waals surface area (Å²) in [6, 6.07) is -1.16. The lowest BCUT2D eigenvalue weighted by Gasteiger charge is -2.36. The summed E-state index contributed by atoms with van der Waals surface area (Å²) in [5, 5.41) is 21.8. The van der Waals surface area contributed by atoms with Gasteiger partial charge in [-0.25, -0.2) is 9.59 Å². The number of likely N-dealkylation sites (tertiary alicyclic amines) is 1. The molecule has 1 heterocycles. The summed E-state index contributed by atoms with van der Waals surface area (Å²) in [4.78, 5) is 24.8. The van der Waals surface area contributed by atoms with E-state index in [1.807, 2.05) is 0 Å². The van der Waals surface area contributed by atoms with Crippen LogP contribution in [0.1, 0.15) is 46.0 Å². The van der Waals surface area contributed by atoms with Crippen molar-refractivity contribution in [3.8, 4) is 0 Å². The Morgan fingerprint density at radius 3 is 2.52 bits per heavy atom. The number of hydrogen-bond acceptors (Lipinski definition) is 3. The fourth-order valence-electron chi connectivity index (χ4n) is 3.65. The van der Waals surface area contributed by atoms with Crippen LogP contribution in [0.3, 0.4) is 0 Å². The van der Waals surface area contributed by atoms with E-state index in [-0.39, 0.29) is 25.0 Å². The average molecular weight is 298 g/mol. The fraction of sp³-hybridized carbons (Fsp3) is 0.867. The summed E-state index contributed by atoms with van der Waals surface area (Å²) in [6.07, 6.45) is 3.70. The molecule has 0 spiro atoms. The molecule has 120 valence electrons. The monoisotopic (exact) mass is 298 g/mol. The highest BCUT2D eigenvalue weighted by Crippen LogP contribution is 2.30. The molecule has 2 amide bonds. The predicted octanol–water partition coefficient (Wildman–Crippen LogP) is 1.43. The average Bonchev–Trinajstić information content (AvgIpc) is 2.81. The van der Waals surface area contributed by atoms with Gasteiger partial charge in [0.15, 0.2) is 0 Å². The number of nitrogens with one attached hydrogen (secondary N) is 1. The Hall–Kier alpha value is -1.30. The largest absolute Gasteiger partial charge is 0.480 e. The number of aliphatic carboxylic acids is 1. The molecule has 0 radical (unpaired) electrons. The number of nitrogens with zero attached hydrogens (tertiary/aromatic N) is 1. The molecule has 1 aliphatic carbocycles. The van der Waals surface area contributed by atoms with Gasteiger partial charge in [-0.1, -0.05) is 26.7 Å². The van der Waals surface area contributed by atoms with Gasteiger partial charge in [-0.05, 0) is 24.7 Å². The van der Waals surface area contributed by atoms with Gasteiger partial charge in [-0.2, -0.15) is 0 Å². The van der Waals surface area contributed by atoms with Gasteiger partial charge in [-0.15, -0.1) is 0 Å². The lowest BCUT2D eigenvalue weighted by molar-refractivity contribution is -0.141. The molecule has 1 saturated heterocycles. The predicted molar refractivity (Wildman–Crippen MR) is 77.9 cm³/mol. The number of carbonyl (C=O) groups excluding carboxylic acids is 1. The molecule has 2 rings (SSSR count). The Morgan fingerprint density at radius 2 is 1.90 bits per heavy atom. The Balaban J connectivity index is 2.01. The fourth-order valence-corrected chi connectivity index (χ4v) is 3.65. The van der Waals surface area contributed by atoms with Crippen LogP contribution in [0.25, 0.3) is 0 Å². The number of aliphatic hydroxyl groups excluding tert-OH is 1. The number of β-amino-alcohol motifs (C(OH)–C–C–N with tert-alkyl or cyclic N) is 1. The second-order valence-corrected chi connectivity index (χ2v) is 6.64. The van der Waals surface area contributed by atoms with Crippen LogP contribution in [0, 0.1) is 11.8 Å². The highest BCUT2D eigenvalue weighted by atomic mass is 16.4. The van der Waals surface area contributed by atoms with Crippen LogP contribution in [0.15, 0.2) is 0 Å². The Labute approximate surface area is 125 Å². The first-order valence-electron chi connectivity index (χ1n) is 7.88. The normalized spacial score (nSPS) is 33.2. The Bertz CT molecular complexity index is 399. The van der Waals surface area contributed by atoms with Crippen LogP contribution in [0.4, 0.5) is 4.79 Å². The number of carbonyl (C=O) groups is 2. The number of aliphatic hydroxyl groups is 1. The highest BCUT2D eigenvalue weighted by Gasteiger charge is 2.40. The van der Waals surface area contributed by atoms with Crippen molar-refractivity contribution in [2.45, 2.75) is 64.1 Å². The van der Waals surface area contributed by atoms with Crippen molar-refractivity contribution in [1.82, 2.24) is 10.2 Å². The van der Waals surface area contributed by atoms with Gasteiger partial charge >= 0.3 is 12.0 Å². The number of urea groups is 1. The summed E-state index contributed by atoms with van der Waals surface area (Å²) in [6.45, 7) is 4.42. The van der Waals surface area contributed by atoms with E-state index in [1.54, 1.807) is 0 Å². The standard InChI is InChI=1S/C15H26N2O4/c1-9(2)11-5-3-4-6-12(11)16-15(21)17-8-10(18)7-13(17)14(19)20/h9-13,18H,3-8H2,1-2H3,(H,16,21)(H,19,20)/t10-,11?,12?,13-/m0/s1. The topological polar surface area (TPSA) is 89.9 Å². The Morgan fingerprint density at radius 1 is 1.24 bits per heavy atom. The third kappa shape index (κ3) is 3.67. The SMILES string of the molecule is CC(C)C1CCCCC1NC(=O)N1C[C@@H](O)C[C@H]1C(=O)O. The van der Waals surface area contributed by atoms with E-state index < -0.39 is 18.1 Å². The van der Waals surface area contributed by atoms with Gasteiger partial charge in [-0.3, -0.25) is 0 Å². The van der Waals surface area contributed by atoms with Crippen LogP contribution in [0.2, 0.25) is 0 Å². The van der Waals surface area contributed by atoms with E-state index in [9.17, 15) is 14.7 Å². The number of rotatable bonds is 3. The molecule has 0 aromatic heterocycles. The van der Waals surface area contributed by atoms with Crippen molar-refractivity contribution in [2.75, 3.05) is 6.54 Å². The zero-order chi connectivity index (χ0) is 15.6. The van der Waals surface area contributed by atoms with E-state index in [1.165, 1.54) is 11.3 Å². The van der Waals surface area contributed by atoms with Crippen molar-refractivity contribution in [3.05, 3.63) is 0 Å². The molecule has 2 fully saturated rings. The maximum absolute atomic E-state index is 12.4. The highest BCUT2D eigenvalue weighted by molar-refractivity contribution is 5.83. The minimum atomic E-state index is -1.05. The van der Waals surface area contributed by atoms with Crippen molar-refractivity contribution in [3.63, 3.8) is 0 Å². The van der Waals surface area contributed by atoms with Gasteiger partial charge in [0, 0.05) is 19.0 Å². The van der Waals surface area contributed by atoms with Crippen molar-refractivity contribution >= 4 is 12.0 Å². The minimum absolute atomic E-state index is 0.0991. The molecule has 1 saturated carbocycles. The smallest absolute Gasteiger partial charge is 0.326 e. The summed E-state index contributed by atoms with van der Waals surface area (Å²) >= 11 is 0. The van der Waals surface area contributed by atoms with Crippen LogP contribution < -0.4 is 5.32 Å². The molecule has 1 aliphatic heterocycles.